The number of halogens is 1. The smallest absolute Gasteiger partial charge is 0.262 e. The predicted molar refractivity (Wildman–Crippen MR) is 106 cm³/mol. The third-order valence-corrected chi connectivity index (χ3v) is 4.99. The monoisotopic (exact) mass is 395 g/mol. The van der Waals surface area contributed by atoms with Crippen molar-refractivity contribution in [3.05, 3.63) is 76.0 Å². The maximum atomic E-state index is 13.3. The summed E-state index contributed by atoms with van der Waals surface area (Å²) < 4.78 is 12.4. The minimum Gasteiger partial charge on any atom is -0.497 e. The molecule has 4 aromatic rings. The number of hydrogen-bond acceptors (Lipinski definition) is 5. The van der Waals surface area contributed by atoms with E-state index in [-0.39, 0.29) is 5.91 Å². The molecule has 0 spiro atoms. The van der Waals surface area contributed by atoms with E-state index < -0.39 is 0 Å². The van der Waals surface area contributed by atoms with Gasteiger partial charge >= 0.3 is 0 Å². The molecule has 0 fully saturated rings. The van der Waals surface area contributed by atoms with Crippen LogP contribution in [-0.4, -0.2) is 27.7 Å². The van der Waals surface area contributed by atoms with Crippen molar-refractivity contribution in [2.75, 3.05) is 7.11 Å². The van der Waals surface area contributed by atoms with Crippen molar-refractivity contribution in [3.8, 4) is 5.75 Å². The second-order valence-corrected chi connectivity index (χ2v) is 6.94. The zero-order chi connectivity index (χ0) is 19.8. The second kappa shape index (κ2) is 7.13. The van der Waals surface area contributed by atoms with Crippen LogP contribution in [0.15, 0.2) is 47.0 Å². The molecule has 2 heterocycles. The van der Waals surface area contributed by atoms with Gasteiger partial charge in [-0.1, -0.05) is 16.8 Å². The van der Waals surface area contributed by atoms with Crippen LogP contribution in [0.2, 0.25) is 5.02 Å². The number of nitrogens with zero attached hydrogens (tertiary/aromatic N) is 3. The number of aryl methyl sites for hydroxylation is 1. The summed E-state index contributed by atoms with van der Waals surface area (Å²) in [5.41, 5.74) is 3.11. The van der Waals surface area contributed by atoms with E-state index in [9.17, 15) is 4.79 Å². The zero-order valence-electron chi connectivity index (χ0n) is 15.7. The van der Waals surface area contributed by atoms with E-state index in [4.69, 9.17) is 20.9 Å². The van der Waals surface area contributed by atoms with Crippen LogP contribution in [0.1, 0.15) is 33.3 Å². The van der Waals surface area contributed by atoms with E-state index >= 15 is 0 Å². The lowest BCUT2D eigenvalue weighted by Gasteiger charge is -2.08. The van der Waals surface area contributed by atoms with Gasteiger partial charge in [-0.15, -0.1) is 0 Å². The molecule has 28 heavy (non-hydrogen) atoms. The van der Waals surface area contributed by atoms with Crippen LogP contribution in [0.25, 0.3) is 10.9 Å². The average molecular weight is 396 g/mol. The number of hydrogen-bond donors (Lipinski definition) is 0. The molecule has 0 aliphatic rings. The highest BCUT2D eigenvalue weighted by atomic mass is 35.5. The van der Waals surface area contributed by atoms with E-state index in [0.29, 0.717) is 34.5 Å². The van der Waals surface area contributed by atoms with Crippen LogP contribution in [0.5, 0.6) is 5.75 Å². The molecule has 2 aromatic carbocycles. The first-order valence-corrected chi connectivity index (χ1v) is 9.13. The summed E-state index contributed by atoms with van der Waals surface area (Å²) in [6.45, 7) is 3.69. The summed E-state index contributed by atoms with van der Waals surface area (Å²) in [6.07, 6.45) is 0.428. The average Bonchev–Trinajstić information content (AvgIpc) is 3.22. The fourth-order valence-corrected chi connectivity index (χ4v) is 3.48. The molecule has 0 amide bonds. The summed E-state index contributed by atoms with van der Waals surface area (Å²) >= 11 is 5.96. The molecule has 0 bridgehead atoms. The molecular weight excluding hydrogens is 378 g/mol. The molecular formula is C21H18ClN3O3. The Balaban J connectivity index is 1.89. The van der Waals surface area contributed by atoms with Gasteiger partial charge in [-0.3, -0.25) is 9.36 Å². The van der Waals surface area contributed by atoms with Gasteiger partial charge in [0.15, 0.2) is 5.82 Å². The molecule has 0 radical (unpaired) electrons. The molecule has 0 aliphatic carbocycles. The molecule has 4 rings (SSSR count). The Morgan fingerprint density at radius 3 is 2.57 bits per heavy atom. The number of carbonyl (C=O) groups excluding carboxylic acids is 1. The van der Waals surface area contributed by atoms with Crippen LogP contribution in [0.4, 0.5) is 0 Å². The van der Waals surface area contributed by atoms with Crippen LogP contribution in [0, 0.1) is 13.8 Å². The number of benzene rings is 2. The molecule has 6 nitrogen and oxygen atoms in total. The van der Waals surface area contributed by atoms with E-state index in [0.717, 1.165) is 22.2 Å². The highest BCUT2D eigenvalue weighted by Crippen LogP contribution is 2.31. The van der Waals surface area contributed by atoms with Crippen molar-refractivity contribution in [2.24, 2.45) is 0 Å². The Bertz CT molecular complexity index is 1180. The third-order valence-electron chi connectivity index (χ3n) is 4.73. The Morgan fingerprint density at radius 1 is 1.18 bits per heavy atom. The Labute approximate surface area is 166 Å². The third kappa shape index (κ3) is 3.16. The summed E-state index contributed by atoms with van der Waals surface area (Å²) in [7, 11) is 1.62. The van der Waals surface area contributed by atoms with Crippen LogP contribution in [-0.2, 0) is 6.42 Å². The zero-order valence-corrected chi connectivity index (χ0v) is 16.4. The van der Waals surface area contributed by atoms with Crippen molar-refractivity contribution in [1.29, 1.82) is 0 Å². The lowest BCUT2D eigenvalue weighted by molar-refractivity contribution is 0.0963. The first kappa shape index (κ1) is 18.3. The number of rotatable bonds is 4. The quantitative estimate of drug-likeness (QED) is 0.505. The van der Waals surface area contributed by atoms with Gasteiger partial charge in [0.2, 0.25) is 5.89 Å². The second-order valence-electron chi connectivity index (χ2n) is 6.51. The van der Waals surface area contributed by atoms with Gasteiger partial charge in [0.25, 0.3) is 5.91 Å². The number of carbonyl (C=O) groups is 1. The van der Waals surface area contributed by atoms with Crippen molar-refractivity contribution in [1.82, 2.24) is 14.7 Å². The Kier molecular flexibility index (Phi) is 4.65. The van der Waals surface area contributed by atoms with Gasteiger partial charge in [-0.05, 0) is 61.9 Å². The minimum atomic E-state index is -0.128. The Morgan fingerprint density at radius 2 is 1.93 bits per heavy atom. The Hall–Kier alpha value is -3.12. The molecule has 0 saturated heterocycles. The number of fused-ring (bicyclic) bond motifs is 1. The van der Waals surface area contributed by atoms with Gasteiger partial charge in [0.1, 0.15) is 5.75 Å². The summed E-state index contributed by atoms with van der Waals surface area (Å²) in [5.74, 6) is 1.66. The van der Waals surface area contributed by atoms with Crippen molar-refractivity contribution in [3.63, 3.8) is 0 Å². The first-order chi connectivity index (χ1) is 13.5. The van der Waals surface area contributed by atoms with E-state index in [1.165, 1.54) is 0 Å². The largest absolute Gasteiger partial charge is 0.497 e. The molecule has 0 unspecified atom stereocenters. The van der Waals surface area contributed by atoms with Gasteiger partial charge in [-0.2, -0.15) is 4.98 Å². The number of methoxy groups -OCH3 is 1. The maximum absolute atomic E-state index is 13.3. The fourth-order valence-electron chi connectivity index (χ4n) is 3.36. The van der Waals surface area contributed by atoms with Gasteiger partial charge in [-0.25, -0.2) is 0 Å². The summed E-state index contributed by atoms with van der Waals surface area (Å²) in [6, 6.07) is 12.5. The molecule has 0 aliphatic heterocycles. The number of ether oxygens (including phenoxy) is 1. The fraction of sp³-hybridized carbons (Fsp3) is 0.190. The van der Waals surface area contributed by atoms with Gasteiger partial charge in [0, 0.05) is 21.7 Å². The number of aromatic nitrogens is 3. The molecule has 2 aromatic heterocycles. The highest BCUT2D eigenvalue weighted by Gasteiger charge is 2.22. The summed E-state index contributed by atoms with van der Waals surface area (Å²) in [4.78, 5) is 17.6. The van der Waals surface area contributed by atoms with Crippen molar-refractivity contribution >= 4 is 28.4 Å². The maximum Gasteiger partial charge on any atom is 0.262 e. The van der Waals surface area contributed by atoms with Crippen LogP contribution in [0.3, 0.4) is 0 Å². The molecule has 0 N–H and O–H groups in total. The molecule has 0 atom stereocenters. The lowest BCUT2D eigenvalue weighted by atomic mass is 10.1. The first-order valence-electron chi connectivity index (χ1n) is 8.75. The van der Waals surface area contributed by atoms with Gasteiger partial charge < -0.3 is 9.26 Å². The normalized spacial score (nSPS) is 11.1. The lowest BCUT2D eigenvalue weighted by Crippen LogP contribution is -2.13. The van der Waals surface area contributed by atoms with E-state index in [2.05, 4.69) is 10.1 Å². The highest BCUT2D eigenvalue weighted by molar-refractivity contribution is 6.30. The van der Waals surface area contributed by atoms with E-state index in [1.54, 1.807) is 42.9 Å². The van der Waals surface area contributed by atoms with Crippen molar-refractivity contribution < 1.29 is 14.1 Å². The minimum absolute atomic E-state index is 0.128. The summed E-state index contributed by atoms with van der Waals surface area (Å²) in [5, 5.41) is 5.35. The van der Waals surface area contributed by atoms with Gasteiger partial charge in [0.05, 0.1) is 19.0 Å². The van der Waals surface area contributed by atoms with Crippen LogP contribution >= 0.6 is 11.6 Å². The van der Waals surface area contributed by atoms with Crippen molar-refractivity contribution in [2.45, 2.75) is 20.3 Å². The molecule has 0 saturated carbocycles. The predicted octanol–water partition coefficient (Wildman–Crippen LogP) is 4.58. The molecule has 7 heteroatoms. The standard InChI is InChI=1S/C21H18ClN3O3/c1-12-17(11-20-23-13(2)24-28-20)18-10-16(27-3)8-9-19(18)25(12)21(26)14-4-6-15(22)7-5-14/h4-10H,11H2,1-3H3. The van der Waals surface area contributed by atoms with E-state index in [1.807, 2.05) is 25.1 Å². The van der Waals surface area contributed by atoms with Crippen LogP contribution < -0.4 is 4.74 Å². The topological polar surface area (TPSA) is 70.2 Å². The molecule has 142 valence electrons. The SMILES string of the molecule is COc1ccc2c(c1)c(Cc1nc(C)no1)c(C)n2C(=O)c1ccc(Cl)cc1.